The molecule has 0 atom stereocenters. The third kappa shape index (κ3) is 399. The van der Waals surface area contributed by atoms with Gasteiger partial charge >= 0.3 is 0 Å². The van der Waals surface area contributed by atoms with Gasteiger partial charge in [-0.05, 0) is 12.2 Å². The van der Waals surface area contributed by atoms with Crippen molar-refractivity contribution in [1.29, 1.82) is 0 Å². The number of hydrogen-bond acceptors (Lipinski definition) is 1. The van der Waals surface area contributed by atoms with Crippen LogP contribution in [0, 0.1) is 5.92 Å². The zero-order valence-corrected chi connectivity index (χ0v) is 5.92. The van der Waals surface area contributed by atoms with Crippen LogP contribution in [0.4, 0.5) is 0 Å². The molecule has 0 saturated heterocycles. The fourth-order valence-corrected chi connectivity index (χ4v) is 0. The molecule has 0 unspecified atom stereocenters. The molecule has 0 aliphatic heterocycles. The molecule has 0 aliphatic rings. The van der Waals surface area contributed by atoms with E-state index in [1.165, 1.54) is 0 Å². The molecule has 40 valence electrons. The number of rotatable bonds is 0. The zero-order valence-electron chi connectivity index (χ0n) is 5.02. The summed E-state index contributed by atoms with van der Waals surface area (Å²) in [7, 11) is 0. The van der Waals surface area contributed by atoms with Crippen LogP contribution in [0.3, 0.4) is 0 Å². The standard InChI is InChI=1S/C4H10.CH4S/c1-4(2)3;1-2/h4H,1-3H3;2H,1H3. The molecule has 0 aliphatic carbocycles. The van der Waals surface area contributed by atoms with Gasteiger partial charge in [-0.2, -0.15) is 12.6 Å². The molecule has 0 heterocycles. The largest absolute Gasteiger partial charge is 0.183 e. The van der Waals surface area contributed by atoms with Crippen molar-refractivity contribution in [3.8, 4) is 0 Å². The summed E-state index contributed by atoms with van der Waals surface area (Å²) >= 11 is 3.53. The fraction of sp³-hybridized carbons (Fsp3) is 1.00. The maximum atomic E-state index is 3.53. The summed E-state index contributed by atoms with van der Waals surface area (Å²) in [4.78, 5) is 0. The van der Waals surface area contributed by atoms with Crippen LogP contribution >= 0.6 is 12.6 Å². The van der Waals surface area contributed by atoms with E-state index in [1.54, 1.807) is 6.26 Å². The van der Waals surface area contributed by atoms with Gasteiger partial charge in [0.1, 0.15) is 0 Å². The van der Waals surface area contributed by atoms with Gasteiger partial charge in [-0.3, -0.25) is 0 Å². The lowest BCUT2D eigenvalue weighted by atomic mass is 10.3. The van der Waals surface area contributed by atoms with Crippen LogP contribution in [0.5, 0.6) is 0 Å². The molecule has 0 amide bonds. The lowest BCUT2D eigenvalue weighted by molar-refractivity contribution is 0.737. The minimum absolute atomic E-state index is 0.833. The Morgan fingerprint density at radius 1 is 1.00 bits per heavy atom. The third-order valence-corrected chi connectivity index (χ3v) is 0. The van der Waals surface area contributed by atoms with E-state index in [2.05, 4.69) is 33.4 Å². The van der Waals surface area contributed by atoms with E-state index < -0.39 is 0 Å². The van der Waals surface area contributed by atoms with Crippen molar-refractivity contribution in [3.63, 3.8) is 0 Å². The van der Waals surface area contributed by atoms with Crippen molar-refractivity contribution in [1.82, 2.24) is 0 Å². The van der Waals surface area contributed by atoms with E-state index in [0.29, 0.717) is 0 Å². The van der Waals surface area contributed by atoms with E-state index >= 15 is 0 Å². The molecule has 0 radical (unpaired) electrons. The van der Waals surface area contributed by atoms with Crippen LogP contribution in [0.2, 0.25) is 0 Å². The second-order valence-corrected chi connectivity index (χ2v) is 1.73. The Morgan fingerprint density at radius 2 is 1.00 bits per heavy atom. The molecule has 0 N–H and O–H groups in total. The van der Waals surface area contributed by atoms with Crippen LogP contribution in [-0.4, -0.2) is 6.26 Å². The smallest absolute Gasteiger partial charge is 0.0215 e. The van der Waals surface area contributed by atoms with Gasteiger partial charge in [0.05, 0.1) is 0 Å². The summed E-state index contributed by atoms with van der Waals surface area (Å²) in [5.41, 5.74) is 0. The second kappa shape index (κ2) is 9.02. The molecule has 0 bridgehead atoms. The highest BCUT2D eigenvalue weighted by Crippen LogP contribution is 1.81. The minimum atomic E-state index is 0.833. The van der Waals surface area contributed by atoms with E-state index in [1.807, 2.05) is 0 Å². The topological polar surface area (TPSA) is 0 Å². The highest BCUT2D eigenvalue weighted by atomic mass is 32.1. The van der Waals surface area contributed by atoms with E-state index in [9.17, 15) is 0 Å². The van der Waals surface area contributed by atoms with Crippen LogP contribution in [0.1, 0.15) is 20.8 Å². The van der Waals surface area contributed by atoms with Crippen molar-refractivity contribution in [2.75, 3.05) is 6.26 Å². The molecule has 0 aromatic carbocycles. The third-order valence-electron chi connectivity index (χ3n) is 0. The molecular formula is C5H14S. The Hall–Kier alpha value is 0.350. The summed E-state index contributed by atoms with van der Waals surface area (Å²) < 4.78 is 0. The molecule has 0 spiro atoms. The molecular weight excluding hydrogens is 92.1 g/mol. The summed E-state index contributed by atoms with van der Waals surface area (Å²) in [6, 6.07) is 0. The van der Waals surface area contributed by atoms with Crippen molar-refractivity contribution >= 4 is 12.6 Å². The Balaban J connectivity index is 0. The highest BCUT2D eigenvalue weighted by Gasteiger charge is 1.68. The molecule has 0 aromatic heterocycles. The first-order valence-electron chi connectivity index (χ1n) is 2.18. The zero-order chi connectivity index (χ0) is 5.58. The Kier molecular flexibility index (Phi) is 14.4. The first-order chi connectivity index (χ1) is 2.73. The summed E-state index contributed by atoms with van der Waals surface area (Å²) in [5, 5.41) is 0. The second-order valence-electron chi connectivity index (χ2n) is 1.73. The van der Waals surface area contributed by atoms with Gasteiger partial charge in [-0.25, -0.2) is 0 Å². The van der Waals surface area contributed by atoms with Crippen molar-refractivity contribution in [2.24, 2.45) is 5.92 Å². The first-order valence-corrected chi connectivity index (χ1v) is 3.07. The first kappa shape index (κ1) is 9.61. The number of thiol groups is 1. The van der Waals surface area contributed by atoms with Crippen molar-refractivity contribution in [3.05, 3.63) is 0 Å². The van der Waals surface area contributed by atoms with E-state index in [4.69, 9.17) is 0 Å². The van der Waals surface area contributed by atoms with Gasteiger partial charge < -0.3 is 0 Å². The Morgan fingerprint density at radius 3 is 1.00 bits per heavy atom. The summed E-state index contributed by atoms with van der Waals surface area (Å²) in [5.74, 6) is 0.833. The van der Waals surface area contributed by atoms with Crippen LogP contribution in [0.15, 0.2) is 0 Å². The SMILES string of the molecule is CC(C)C.CS. The summed E-state index contributed by atoms with van der Waals surface area (Å²) in [6.07, 6.45) is 1.69. The van der Waals surface area contributed by atoms with Gasteiger partial charge in [0.15, 0.2) is 0 Å². The van der Waals surface area contributed by atoms with Crippen LogP contribution < -0.4 is 0 Å². The number of hydrogen-bond donors (Lipinski definition) is 1. The molecule has 0 nitrogen and oxygen atoms in total. The lowest BCUT2D eigenvalue weighted by Crippen LogP contribution is -1.66. The van der Waals surface area contributed by atoms with Gasteiger partial charge in [0.25, 0.3) is 0 Å². The molecule has 0 fully saturated rings. The molecule has 0 rings (SSSR count). The maximum Gasteiger partial charge on any atom is -0.0215 e. The Labute approximate surface area is 46.4 Å². The van der Waals surface area contributed by atoms with Gasteiger partial charge in [0, 0.05) is 0 Å². The quantitative estimate of drug-likeness (QED) is 0.450. The monoisotopic (exact) mass is 106 g/mol. The normalized spacial score (nSPS) is 7.00. The molecule has 6 heavy (non-hydrogen) atoms. The predicted octanol–water partition coefficient (Wildman–Crippen LogP) is 2.21. The average Bonchev–Trinajstić information content (AvgIpc) is 1.41. The average molecular weight is 106 g/mol. The van der Waals surface area contributed by atoms with Gasteiger partial charge in [-0.15, -0.1) is 0 Å². The van der Waals surface area contributed by atoms with Crippen LogP contribution in [0.25, 0.3) is 0 Å². The van der Waals surface area contributed by atoms with E-state index in [-0.39, 0.29) is 0 Å². The van der Waals surface area contributed by atoms with Crippen molar-refractivity contribution < 1.29 is 0 Å². The van der Waals surface area contributed by atoms with E-state index in [0.717, 1.165) is 5.92 Å². The molecule has 0 saturated carbocycles. The minimum Gasteiger partial charge on any atom is -0.183 e. The van der Waals surface area contributed by atoms with Gasteiger partial charge in [0.2, 0.25) is 0 Å². The fourth-order valence-electron chi connectivity index (χ4n) is 0. The van der Waals surface area contributed by atoms with Gasteiger partial charge in [-0.1, -0.05) is 20.8 Å². The molecule has 1 heteroatoms. The lowest BCUT2D eigenvalue weighted by Gasteiger charge is -1.79. The summed E-state index contributed by atoms with van der Waals surface area (Å²) in [6.45, 7) is 6.50. The molecule has 0 aromatic rings. The highest BCUT2D eigenvalue weighted by molar-refractivity contribution is 7.79. The van der Waals surface area contributed by atoms with Crippen LogP contribution in [-0.2, 0) is 0 Å². The Bertz CT molecular complexity index is 8.66. The maximum absolute atomic E-state index is 3.53. The predicted molar refractivity (Wildman–Crippen MR) is 35.4 cm³/mol. The van der Waals surface area contributed by atoms with Crippen molar-refractivity contribution in [2.45, 2.75) is 20.8 Å².